The van der Waals surface area contributed by atoms with Crippen LogP contribution in [0.4, 0.5) is 0 Å². The number of nitrogens with two attached hydrogens (primary N) is 1. The van der Waals surface area contributed by atoms with Gasteiger partial charge >= 0.3 is 0 Å². The van der Waals surface area contributed by atoms with Crippen molar-refractivity contribution in [2.24, 2.45) is 11.8 Å². The van der Waals surface area contributed by atoms with E-state index >= 15 is 0 Å². The third-order valence-electron chi connectivity index (χ3n) is 4.02. The SMILES string of the molecule is CCCn1ccnc1CC(CC1CCCC1)NN. The Hall–Kier alpha value is -0.870. The van der Waals surface area contributed by atoms with Crippen LogP contribution in [0.5, 0.6) is 0 Å². The molecule has 102 valence electrons. The summed E-state index contributed by atoms with van der Waals surface area (Å²) in [5.41, 5.74) is 2.98. The van der Waals surface area contributed by atoms with Crippen LogP contribution in [0.3, 0.4) is 0 Å². The zero-order chi connectivity index (χ0) is 12.8. The summed E-state index contributed by atoms with van der Waals surface area (Å²) in [4.78, 5) is 4.46. The molecule has 0 bridgehead atoms. The number of hydrazine groups is 1. The van der Waals surface area contributed by atoms with Gasteiger partial charge in [-0.1, -0.05) is 32.6 Å². The predicted molar refractivity (Wildman–Crippen MR) is 73.9 cm³/mol. The molecule has 3 N–H and O–H groups in total. The third-order valence-corrected chi connectivity index (χ3v) is 4.02. The number of aryl methyl sites for hydroxylation is 1. The fourth-order valence-corrected chi connectivity index (χ4v) is 3.05. The van der Waals surface area contributed by atoms with Crippen LogP contribution in [0.2, 0.25) is 0 Å². The molecule has 0 amide bonds. The van der Waals surface area contributed by atoms with Crippen molar-refractivity contribution in [2.45, 2.75) is 64.5 Å². The summed E-state index contributed by atoms with van der Waals surface area (Å²) in [6.07, 6.45) is 12.8. The Bertz CT molecular complexity index is 341. The molecule has 4 nitrogen and oxygen atoms in total. The van der Waals surface area contributed by atoms with Crippen LogP contribution in [-0.4, -0.2) is 15.6 Å². The van der Waals surface area contributed by atoms with Gasteiger partial charge in [-0.25, -0.2) is 4.98 Å². The summed E-state index contributed by atoms with van der Waals surface area (Å²) < 4.78 is 2.25. The largest absolute Gasteiger partial charge is 0.335 e. The predicted octanol–water partition coefficient (Wildman–Crippen LogP) is 2.25. The van der Waals surface area contributed by atoms with E-state index in [4.69, 9.17) is 5.84 Å². The van der Waals surface area contributed by atoms with E-state index in [9.17, 15) is 0 Å². The van der Waals surface area contributed by atoms with Gasteiger partial charge in [-0.2, -0.15) is 0 Å². The van der Waals surface area contributed by atoms with Crippen molar-refractivity contribution in [3.63, 3.8) is 0 Å². The van der Waals surface area contributed by atoms with Crippen molar-refractivity contribution >= 4 is 0 Å². The van der Waals surface area contributed by atoms with Gasteiger partial charge in [-0.3, -0.25) is 11.3 Å². The Morgan fingerprint density at radius 1 is 1.50 bits per heavy atom. The lowest BCUT2D eigenvalue weighted by Crippen LogP contribution is -2.38. The van der Waals surface area contributed by atoms with Crippen molar-refractivity contribution in [3.8, 4) is 0 Å². The lowest BCUT2D eigenvalue weighted by Gasteiger charge is -2.20. The van der Waals surface area contributed by atoms with E-state index in [1.807, 2.05) is 6.20 Å². The first-order valence-corrected chi connectivity index (χ1v) is 7.29. The van der Waals surface area contributed by atoms with Crippen LogP contribution < -0.4 is 11.3 Å². The van der Waals surface area contributed by atoms with Gasteiger partial charge in [0.15, 0.2) is 0 Å². The molecule has 18 heavy (non-hydrogen) atoms. The standard InChI is InChI=1S/C14H26N4/c1-2-8-18-9-7-16-14(18)11-13(17-15)10-12-5-3-4-6-12/h7,9,12-13,17H,2-6,8,10-11,15H2,1H3. The van der Waals surface area contributed by atoms with Gasteiger partial charge in [0.25, 0.3) is 0 Å². The number of aromatic nitrogens is 2. The molecule has 1 atom stereocenters. The van der Waals surface area contributed by atoms with Gasteiger partial charge in [0.1, 0.15) is 5.82 Å². The molecule has 0 radical (unpaired) electrons. The quantitative estimate of drug-likeness (QED) is 0.576. The molecule has 1 fully saturated rings. The van der Waals surface area contributed by atoms with E-state index in [0.29, 0.717) is 6.04 Å². The summed E-state index contributed by atoms with van der Waals surface area (Å²) in [7, 11) is 0. The lowest BCUT2D eigenvalue weighted by molar-refractivity contribution is 0.381. The first-order valence-electron chi connectivity index (χ1n) is 7.29. The van der Waals surface area contributed by atoms with Gasteiger partial charge < -0.3 is 4.57 Å². The molecule has 1 aliphatic rings. The van der Waals surface area contributed by atoms with Crippen molar-refractivity contribution in [1.82, 2.24) is 15.0 Å². The minimum absolute atomic E-state index is 0.367. The maximum atomic E-state index is 5.70. The van der Waals surface area contributed by atoms with E-state index in [2.05, 4.69) is 28.1 Å². The highest BCUT2D eigenvalue weighted by atomic mass is 15.2. The summed E-state index contributed by atoms with van der Waals surface area (Å²) in [5.74, 6) is 7.73. The highest BCUT2D eigenvalue weighted by molar-refractivity contribution is 4.96. The average Bonchev–Trinajstić information content (AvgIpc) is 3.01. The van der Waals surface area contributed by atoms with Crippen LogP contribution in [0.25, 0.3) is 0 Å². The molecule has 0 saturated heterocycles. The number of hydrogen-bond acceptors (Lipinski definition) is 3. The second-order valence-corrected chi connectivity index (χ2v) is 5.49. The van der Waals surface area contributed by atoms with Crippen LogP contribution >= 0.6 is 0 Å². The Morgan fingerprint density at radius 2 is 2.28 bits per heavy atom. The number of rotatable bonds is 7. The summed E-state index contributed by atoms with van der Waals surface area (Å²) in [5, 5.41) is 0. The van der Waals surface area contributed by atoms with E-state index in [1.54, 1.807) is 0 Å². The second-order valence-electron chi connectivity index (χ2n) is 5.49. The van der Waals surface area contributed by atoms with Crippen molar-refractivity contribution < 1.29 is 0 Å². The minimum atomic E-state index is 0.367. The van der Waals surface area contributed by atoms with Gasteiger partial charge in [-0.05, 0) is 18.8 Å². The fourth-order valence-electron chi connectivity index (χ4n) is 3.05. The lowest BCUT2D eigenvalue weighted by atomic mass is 9.96. The number of imidazole rings is 1. The highest BCUT2D eigenvalue weighted by Gasteiger charge is 2.20. The van der Waals surface area contributed by atoms with Crippen LogP contribution in [-0.2, 0) is 13.0 Å². The Morgan fingerprint density at radius 3 is 2.94 bits per heavy atom. The second kappa shape index (κ2) is 6.90. The third kappa shape index (κ3) is 3.56. The number of hydrogen-bond donors (Lipinski definition) is 2. The van der Waals surface area contributed by atoms with Gasteiger partial charge in [-0.15, -0.1) is 0 Å². The first-order chi connectivity index (χ1) is 8.83. The van der Waals surface area contributed by atoms with E-state index in [1.165, 1.54) is 32.1 Å². The normalized spacial score (nSPS) is 18.3. The summed E-state index contributed by atoms with van der Waals surface area (Å²) in [6.45, 7) is 3.25. The zero-order valence-corrected chi connectivity index (χ0v) is 11.4. The van der Waals surface area contributed by atoms with Crippen LogP contribution in [0.15, 0.2) is 12.4 Å². The molecule has 1 aromatic heterocycles. The molecular weight excluding hydrogens is 224 g/mol. The number of nitrogens with zero attached hydrogens (tertiary/aromatic N) is 2. The highest BCUT2D eigenvalue weighted by Crippen LogP contribution is 2.29. The maximum absolute atomic E-state index is 5.70. The van der Waals surface area contributed by atoms with Gasteiger partial charge in [0, 0.05) is 31.4 Å². The van der Waals surface area contributed by atoms with Crippen molar-refractivity contribution in [2.75, 3.05) is 0 Å². The molecule has 2 rings (SSSR count). The van der Waals surface area contributed by atoms with E-state index < -0.39 is 0 Å². The summed E-state index contributed by atoms with van der Waals surface area (Å²) >= 11 is 0. The molecular formula is C14H26N4. The first kappa shape index (κ1) is 13.6. The molecule has 0 aliphatic heterocycles. The molecule has 1 aliphatic carbocycles. The van der Waals surface area contributed by atoms with E-state index in [-0.39, 0.29) is 0 Å². The number of nitrogens with one attached hydrogen (secondary N) is 1. The van der Waals surface area contributed by atoms with Crippen LogP contribution in [0.1, 0.15) is 51.3 Å². The summed E-state index contributed by atoms with van der Waals surface area (Å²) in [6, 6.07) is 0.367. The molecule has 4 heteroatoms. The Kier molecular flexibility index (Phi) is 5.20. The topological polar surface area (TPSA) is 55.9 Å². The Labute approximate surface area is 110 Å². The smallest absolute Gasteiger partial charge is 0.110 e. The molecule has 1 heterocycles. The zero-order valence-electron chi connectivity index (χ0n) is 11.4. The van der Waals surface area contributed by atoms with Crippen molar-refractivity contribution in [3.05, 3.63) is 18.2 Å². The Balaban J connectivity index is 1.89. The average molecular weight is 250 g/mol. The molecule has 1 unspecified atom stereocenters. The molecule has 0 aromatic carbocycles. The maximum Gasteiger partial charge on any atom is 0.110 e. The molecule has 1 saturated carbocycles. The monoisotopic (exact) mass is 250 g/mol. The van der Waals surface area contributed by atoms with Crippen LogP contribution in [0, 0.1) is 5.92 Å². The fraction of sp³-hybridized carbons (Fsp3) is 0.786. The van der Waals surface area contributed by atoms with E-state index in [0.717, 1.165) is 31.1 Å². The molecule has 0 spiro atoms. The van der Waals surface area contributed by atoms with Gasteiger partial charge in [0.2, 0.25) is 0 Å². The van der Waals surface area contributed by atoms with Crippen molar-refractivity contribution in [1.29, 1.82) is 0 Å². The molecule has 1 aromatic rings. The minimum Gasteiger partial charge on any atom is -0.335 e. The van der Waals surface area contributed by atoms with Gasteiger partial charge in [0.05, 0.1) is 0 Å².